The van der Waals surface area contributed by atoms with Gasteiger partial charge in [-0.05, 0) is 25.7 Å². The smallest absolute Gasteiger partial charge is 0.277 e. The van der Waals surface area contributed by atoms with Crippen LogP contribution >= 0.6 is 0 Å². The first-order chi connectivity index (χ1) is 15.1. The standard InChI is InChI=1S/C10H13N5O2.C8H9N5O/c11-8-7-9(13-5-12-8)15(6-1-2-6)14-10(7)17-4-3-16;9-6-5-7(11-3-10-6)13(4-1-2-4)12-8(5)14/h5-6,16H,1-4H2,(H2,11,12,13);3-4H,1-2H2,(H,12,14)(H2,9,10,11). The van der Waals surface area contributed by atoms with E-state index in [1.165, 1.54) is 12.7 Å². The number of rotatable bonds is 5. The number of aromatic nitrogens is 8. The minimum Gasteiger partial charge on any atom is -0.474 e. The number of anilines is 2. The van der Waals surface area contributed by atoms with Crippen molar-refractivity contribution in [1.82, 2.24) is 39.5 Å². The molecule has 0 unspecified atom stereocenters. The number of nitrogen functional groups attached to an aromatic ring is 2. The van der Waals surface area contributed by atoms with Gasteiger partial charge in [-0.2, -0.15) is 0 Å². The van der Waals surface area contributed by atoms with Gasteiger partial charge in [0.1, 0.15) is 41.7 Å². The highest BCUT2D eigenvalue weighted by Gasteiger charge is 2.29. The van der Waals surface area contributed by atoms with Crippen LogP contribution in [0.4, 0.5) is 11.6 Å². The van der Waals surface area contributed by atoms with Crippen LogP contribution in [0.2, 0.25) is 0 Å². The second-order valence-electron chi connectivity index (χ2n) is 7.51. The summed E-state index contributed by atoms with van der Waals surface area (Å²) in [6.07, 6.45) is 7.17. The predicted octanol–water partition coefficient (Wildman–Crippen LogP) is 0.151. The van der Waals surface area contributed by atoms with Crippen LogP contribution in [0.5, 0.6) is 5.88 Å². The third-order valence-corrected chi connectivity index (χ3v) is 5.15. The number of aromatic amines is 1. The van der Waals surface area contributed by atoms with Gasteiger partial charge in [0.15, 0.2) is 11.3 Å². The van der Waals surface area contributed by atoms with E-state index in [0.717, 1.165) is 25.7 Å². The lowest BCUT2D eigenvalue weighted by atomic mass is 10.4. The van der Waals surface area contributed by atoms with Crippen LogP contribution in [0, 0.1) is 0 Å². The molecule has 6 rings (SSSR count). The van der Waals surface area contributed by atoms with Crippen molar-refractivity contribution >= 4 is 33.7 Å². The highest BCUT2D eigenvalue weighted by atomic mass is 16.5. The maximum Gasteiger partial charge on any atom is 0.277 e. The molecule has 0 aliphatic heterocycles. The van der Waals surface area contributed by atoms with Crippen molar-refractivity contribution in [3.63, 3.8) is 0 Å². The maximum atomic E-state index is 11.5. The van der Waals surface area contributed by atoms with Crippen molar-refractivity contribution in [3.05, 3.63) is 23.0 Å². The number of hydrogen-bond acceptors (Lipinski definition) is 10. The molecule has 162 valence electrons. The number of nitrogens with one attached hydrogen (secondary N) is 1. The van der Waals surface area contributed by atoms with Gasteiger partial charge in [-0.15, -0.1) is 5.10 Å². The Labute approximate surface area is 175 Å². The number of aliphatic hydroxyl groups is 1. The quantitative estimate of drug-likeness (QED) is 0.342. The van der Waals surface area contributed by atoms with Crippen molar-refractivity contribution in [2.75, 3.05) is 24.7 Å². The second kappa shape index (κ2) is 7.50. The average Bonchev–Trinajstić information content (AvgIpc) is 3.69. The van der Waals surface area contributed by atoms with Crippen LogP contribution in [-0.2, 0) is 0 Å². The number of aliphatic hydroxyl groups excluding tert-OH is 1. The molecule has 0 aromatic carbocycles. The number of nitrogens with two attached hydrogens (primary N) is 2. The van der Waals surface area contributed by atoms with Crippen LogP contribution in [0.3, 0.4) is 0 Å². The molecule has 6 N–H and O–H groups in total. The van der Waals surface area contributed by atoms with Gasteiger partial charge in [0.2, 0.25) is 5.88 Å². The summed E-state index contributed by atoms with van der Waals surface area (Å²) in [6, 6.07) is 0.771. The van der Waals surface area contributed by atoms with E-state index < -0.39 is 0 Å². The SMILES string of the molecule is Nc1ncnc2c1c(=O)[nH]n2C1CC1.Nc1ncnc2c1c(OCCO)nn2C1CC1. The molecular weight excluding hydrogens is 404 g/mol. The van der Waals surface area contributed by atoms with Crippen molar-refractivity contribution in [2.45, 2.75) is 37.8 Å². The number of fused-ring (bicyclic) bond motifs is 2. The molecule has 31 heavy (non-hydrogen) atoms. The van der Waals surface area contributed by atoms with Gasteiger partial charge in [0.05, 0.1) is 18.7 Å². The predicted molar refractivity (Wildman–Crippen MR) is 111 cm³/mol. The van der Waals surface area contributed by atoms with E-state index in [9.17, 15) is 4.79 Å². The molecule has 0 radical (unpaired) electrons. The van der Waals surface area contributed by atoms with Gasteiger partial charge in [-0.25, -0.2) is 24.6 Å². The van der Waals surface area contributed by atoms with Gasteiger partial charge in [0, 0.05) is 0 Å². The number of H-pyrrole nitrogens is 1. The topological polar surface area (TPSA) is 189 Å². The largest absolute Gasteiger partial charge is 0.474 e. The monoisotopic (exact) mass is 426 g/mol. The zero-order valence-corrected chi connectivity index (χ0v) is 16.6. The Morgan fingerprint density at radius 2 is 1.65 bits per heavy atom. The maximum absolute atomic E-state index is 11.5. The first kappa shape index (κ1) is 19.2. The molecule has 0 amide bonds. The normalized spacial score (nSPS) is 15.8. The van der Waals surface area contributed by atoms with Gasteiger partial charge >= 0.3 is 0 Å². The van der Waals surface area contributed by atoms with Crippen LogP contribution in [0.25, 0.3) is 22.1 Å². The zero-order chi connectivity index (χ0) is 21.5. The van der Waals surface area contributed by atoms with Crippen LogP contribution in [0.1, 0.15) is 37.8 Å². The van der Waals surface area contributed by atoms with Gasteiger partial charge in [0.25, 0.3) is 5.56 Å². The Bertz CT molecular complexity index is 1300. The van der Waals surface area contributed by atoms with Crippen molar-refractivity contribution < 1.29 is 9.84 Å². The minimum atomic E-state index is -0.204. The van der Waals surface area contributed by atoms with E-state index >= 15 is 0 Å². The first-order valence-electron chi connectivity index (χ1n) is 10.0. The molecule has 13 nitrogen and oxygen atoms in total. The molecular formula is C18H22N10O3. The lowest BCUT2D eigenvalue weighted by Gasteiger charge is -2.00. The highest BCUT2D eigenvalue weighted by molar-refractivity contribution is 5.90. The van der Waals surface area contributed by atoms with Gasteiger partial charge in [-0.3, -0.25) is 14.6 Å². The molecule has 4 aromatic rings. The van der Waals surface area contributed by atoms with E-state index in [2.05, 4.69) is 30.1 Å². The van der Waals surface area contributed by atoms with Gasteiger partial charge < -0.3 is 21.3 Å². The van der Waals surface area contributed by atoms with Crippen LogP contribution in [-0.4, -0.2) is 57.8 Å². The minimum absolute atomic E-state index is 0.0641. The molecule has 0 spiro atoms. The molecule has 2 fully saturated rings. The fourth-order valence-corrected chi connectivity index (χ4v) is 3.39. The lowest BCUT2D eigenvalue weighted by Crippen LogP contribution is -2.04. The molecule has 13 heteroatoms. The molecule has 0 saturated heterocycles. The Morgan fingerprint density at radius 3 is 2.29 bits per heavy atom. The van der Waals surface area contributed by atoms with E-state index in [-0.39, 0.29) is 24.6 Å². The number of ether oxygens (including phenoxy) is 1. The summed E-state index contributed by atoms with van der Waals surface area (Å²) in [4.78, 5) is 27.5. The van der Waals surface area contributed by atoms with E-state index in [4.69, 9.17) is 21.3 Å². The average molecular weight is 426 g/mol. The lowest BCUT2D eigenvalue weighted by molar-refractivity contribution is 0.197. The van der Waals surface area contributed by atoms with Gasteiger partial charge in [-0.1, -0.05) is 0 Å². The Hall–Kier alpha value is -3.74. The molecule has 2 aliphatic carbocycles. The zero-order valence-electron chi connectivity index (χ0n) is 16.6. The Morgan fingerprint density at radius 1 is 1.00 bits per heavy atom. The molecule has 2 aliphatic rings. The Balaban J connectivity index is 0.000000134. The number of hydrogen-bond donors (Lipinski definition) is 4. The van der Waals surface area contributed by atoms with Crippen LogP contribution < -0.4 is 21.8 Å². The van der Waals surface area contributed by atoms with E-state index in [1.807, 2.05) is 4.68 Å². The molecule has 4 aromatic heterocycles. The molecule has 2 saturated carbocycles. The van der Waals surface area contributed by atoms with E-state index in [0.29, 0.717) is 45.8 Å². The van der Waals surface area contributed by atoms with Crippen molar-refractivity contribution in [3.8, 4) is 5.88 Å². The molecule has 0 atom stereocenters. The summed E-state index contributed by atoms with van der Waals surface area (Å²) in [5.41, 5.74) is 12.5. The second-order valence-corrected chi connectivity index (χ2v) is 7.51. The summed E-state index contributed by atoms with van der Waals surface area (Å²) in [6.45, 7) is 0.122. The fourth-order valence-electron chi connectivity index (χ4n) is 3.39. The van der Waals surface area contributed by atoms with Crippen molar-refractivity contribution in [1.29, 1.82) is 0 Å². The summed E-state index contributed by atoms with van der Waals surface area (Å²) >= 11 is 0. The third kappa shape index (κ3) is 3.52. The summed E-state index contributed by atoms with van der Waals surface area (Å²) in [7, 11) is 0. The molecule has 4 heterocycles. The van der Waals surface area contributed by atoms with Crippen molar-refractivity contribution in [2.24, 2.45) is 0 Å². The highest BCUT2D eigenvalue weighted by Crippen LogP contribution is 2.39. The molecule has 0 bridgehead atoms. The Kier molecular flexibility index (Phi) is 4.66. The summed E-state index contributed by atoms with van der Waals surface area (Å²) in [5, 5.41) is 16.9. The fraction of sp³-hybridized carbons (Fsp3) is 0.444. The first-order valence-corrected chi connectivity index (χ1v) is 10.0. The van der Waals surface area contributed by atoms with E-state index in [1.54, 1.807) is 4.68 Å². The summed E-state index contributed by atoms with van der Waals surface area (Å²) < 4.78 is 8.99. The summed E-state index contributed by atoms with van der Waals surface area (Å²) in [5.74, 6) is 1.00. The van der Waals surface area contributed by atoms with Crippen LogP contribution in [0.15, 0.2) is 17.4 Å². The third-order valence-electron chi connectivity index (χ3n) is 5.15. The number of nitrogens with zero attached hydrogens (tertiary/aromatic N) is 7.